The molecule has 6 heteroatoms. The molecule has 0 aliphatic carbocycles. The van der Waals surface area contributed by atoms with Crippen molar-refractivity contribution in [1.29, 1.82) is 0 Å². The van der Waals surface area contributed by atoms with E-state index < -0.39 is 12.2 Å². The van der Waals surface area contributed by atoms with E-state index in [9.17, 15) is 9.90 Å². The normalized spacial score (nSPS) is 11.8. The number of hydrogen-bond acceptors (Lipinski definition) is 3. The van der Waals surface area contributed by atoms with Gasteiger partial charge in [-0.25, -0.2) is 4.79 Å². The number of amides is 1. The van der Waals surface area contributed by atoms with Crippen molar-refractivity contribution in [3.8, 4) is 0 Å². The van der Waals surface area contributed by atoms with Crippen molar-refractivity contribution in [2.45, 2.75) is 12.7 Å². The van der Waals surface area contributed by atoms with Gasteiger partial charge in [0.15, 0.2) is 0 Å². The van der Waals surface area contributed by atoms with Gasteiger partial charge in [0.1, 0.15) is 6.61 Å². The molecule has 22 heavy (non-hydrogen) atoms. The summed E-state index contributed by atoms with van der Waals surface area (Å²) < 4.78 is 5.05. The molecule has 1 amide bonds. The van der Waals surface area contributed by atoms with Crippen LogP contribution >= 0.6 is 23.2 Å². The van der Waals surface area contributed by atoms with E-state index in [1.165, 1.54) is 6.07 Å². The summed E-state index contributed by atoms with van der Waals surface area (Å²) in [6, 6.07) is 14.1. The van der Waals surface area contributed by atoms with Crippen LogP contribution in [0.15, 0.2) is 48.5 Å². The largest absolute Gasteiger partial charge is 0.445 e. The van der Waals surface area contributed by atoms with Crippen LogP contribution in [-0.2, 0) is 11.3 Å². The maximum Gasteiger partial charge on any atom is 0.407 e. The maximum atomic E-state index is 11.6. The van der Waals surface area contributed by atoms with Crippen LogP contribution in [0.1, 0.15) is 17.2 Å². The van der Waals surface area contributed by atoms with Gasteiger partial charge in [-0.05, 0) is 17.7 Å². The van der Waals surface area contributed by atoms with Crippen LogP contribution in [0.3, 0.4) is 0 Å². The topological polar surface area (TPSA) is 58.6 Å². The quantitative estimate of drug-likeness (QED) is 0.866. The standard InChI is InChI=1S/C16H15Cl2NO3/c17-12-6-7-13(14(18)8-12)15(20)9-19-16(21)22-10-11-4-2-1-3-5-11/h1-8,15,20H,9-10H2,(H,19,21). The molecule has 2 N–H and O–H groups in total. The smallest absolute Gasteiger partial charge is 0.407 e. The summed E-state index contributed by atoms with van der Waals surface area (Å²) in [5, 5.41) is 13.3. The first kappa shape index (κ1) is 16.6. The minimum atomic E-state index is -0.936. The van der Waals surface area contributed by atoms with Crippen molar-refractivity contribution in [2.75, 3.05) is 6.54 Å². The van der Waals surface area contributed by atoms with E-state index >= 15 is 0 Å². The Kier molecular flexibility index (Phi) is 6.07. The number of alkyl carbamates (subject to hydrolysis) is 1. The van der Waals surface area contributed by atoms with Crippen LogP contribution < -0.4 is 5.32 Å². The molecule has 0 aliphatic rings. The molecule has 2 aromatic rings. The second-order valence-electron chi connectivity index (χ2n) is 4.62. The zero-order valence-electron chi connectivity index (χ0n) is 11.6. The molecule has 4 nitrogen and oxygen atoms in total. The van der Waals surface area contributed by atoms with Crippen molar-refractivity contribution in [3.05, 3.63) is 69.7 Å². The van der Waals surface area contributed by atoms with Crippen molar-refractivity contribution in [3.63, 3.8) is 0 Å². The molecular weight excluding hydrogens is 325 g/mol. The van der Waals surface area contributed by atoms with Crippen LogP contribution in [-0.4, -0.2) is 17.7 Å². The number of benzene rings is 2. The van der Waals surface area contributed by atoms with Gasteiger partial charge in [-0.3, -0.25) is 0 Å². The Morgan fingerprint density at radius 2 is 1.91 bits per heavy atom. The highest BCUT2D eigenvalue weighted by atomic mass is 35.5. The predicted molar refractivity (Wildman–Crippen MR) is 86.1 cm³/mol. The van der Waals surface area contributed by atoms with E-state index in [-0.39, 0.29) is 13.2 Å². The SMILES string of the molecule is O=C(NCC(O)c1ccc(Cl)cc1Cl)OCc1ccccc1. The monoisotopic (exact) mass is 339 g/mol. The van der Waals surface area contributed by atoms with Crippen molar-refractivity contribution in [2.24, 2.45) is 0 Å². The van der Waals surface area contributed by atoms with Crippen LogP contribution in [0.4, 0.5) is 4.79 Å². The molecule has 0 aliphatic heterocycles. The molecule has 2 aromatic carbocycles. The molecule has 0 heterocycles. The summed E-state index contributed by atoms with van der Waals surface area (Å²) in [4.78, 5) is 11.6. The van der Waals surface area contributed by atoms with Crippen LogP contribution in [0, 0.1) is 0 Å². The summed E-state index contributed by atoms with van der Waals surface area (Å²) in [7, 11) is 0. The molecule has 0 saturated heterocycles. The van der Waals surface area contributed by atoms with Gasteiger partial charge < -0.3 is 15.2 Å². The summed E-state index contributed by atoms with van der Waals surface area (Å²) >= 11 is 11.8. The third-order valence-electron chi connectivity index (χ3n) is 2.97. The Morgan fingerprint density at radius 1 is 1.18 bits per heavy atom. The molecule has 0 bridgehead atoms. The number of nitrogens with one attached hydrogen (secondary N) is 1. The van der Waals surface area contributed by atoms with E-state index in [1.54, 1.807) is 12.1 Å². The highest BCUT2D eigenvalue weighted by Crippen LogP contribution is 2.25. The number of aliphatic hydroxyl groups excluding tert-OH is 1. The Hall–Kier alpha value is -1.75. The average molecular weight is 340 g/mol. The van der Waals surface area contributed by atoms with Gasteiger partial charge in [0.2, 0.25) is 0 Å². The van der Waals surface area contributed by atoms with Gasteiger partial charge >= 0.3 is 6.09 Å². The molecule has 0 aromatic heterocycles. The summed E-state index contributed by atoms with van der Waals surface area (Å²) in [6.07, 6.45) is -1.54. The Balaban J connectivity index is 1.80. The van der Waals surface area contributed by atoms with Gasteiger partial charge in [-0.15, -0.1) is 0 Å². The molecule has 0 fully saturated rings. The first-order chi connectivity index (χ1) is 10.6. The molecule has 2 rings (SSSR count). The van der Waals surface area contributed by atoms with Crippen LogP contribution in [0.25, 0.3) is 0 Å². The molecular formula is C16H15Cl2NO3. The lowest BCUT2D eigenvalue weighted by atomic mass is 10.1. The van der Waals surface area contributed by atoms with Gasteiger partial charge in [-0.1, -0.05) is 59.6 Å². The van der Waals surface area contributed by atoms with Gasteiger partial charge in [0.05, 0.1) is 12.6 Å². The minimum Gasteiger partial charge on any atom is -0.445 e. The Labute approximate surface area is 138 Å². The number of aliphatic hydroxyl groups is 1. The molecule has 1 atom stereocenters. The third-order valence-corrected chi connectivity index (χ3v) is 3.54. The predicted octanol–water partition coefficient (Wildman–Crippen LogP) is 3.95. The summed E-state index contributed by atoms with van der Waals surface area (Å²) in [5.74, 6) is 0. The molecule has 0 saturated carbocycles. The van der Waals surface area contributed by atoms with Gasteiger partial charge in [0.25, 0.3) is 0 Å². The lowest BCUT2D eigenvalue weighted by Crippen LogP contribution is -2.29. The van der Waals surface area contributed by atoms with E-state index in [0.717, 1.165) is 5.56 Å². The van der Waals surface area contributed by atoms with E-state index in [4.69, 9.17) is 27.9 Å². The van der Waals surface area contributed by atoms with Crippen molar-refractivity contribution < 1.29 is 14.6 Å². The highest BCUT2D eigenvalue weighted by Gasteiger charge is 2.13. The van der Waals surface area contributed by atoms with Crippen LogP contribution in [0.2, 0.25) is 10.0 Å². The van der Waals surface area contributed by atoms with E-state index in [2.05, 4.69) is 5.32 Å². The fourth-order valence-electron chi connectivity index (χ4n) is 1.84. The fraction of sp³-hybridized carbons (Fsp3) is 0.188. The second kappa shape index (κ2) is 8.03. The van der Waals surface area contributed by atoms with Crippen LogP contribution in [0.5, 0.6) is 0 Å². The number of hydrogen-bond donors (Lipinski definition) is 2. The first-order valence-electron chi connectivity index (χ1n) is 6.64. The van der Waals surface area contributed by atoms with Crippen molar-refractivity contribution >= 4 is 29.3 Å². The van der Waals surface area contributed by atoms with E-state index in [1.807, 2.05) is 30.3 Å². The lowest BCUT2D eigenvalue weighted by Gasteiger charge is -2.14. The molecule has 1 unspecified atom stereocenters. The average Bonchev–Trinajstić information content (AvgIpc) is 2.51. The highest BCUT2D eigenvalue weighted by molar-refractivity contribution is 6.35. The number of rotatable bonds is 5. The Morgan fingerprint density at radius 3 is 2.59 bits per heavy atom. The zero-order chi connectivity index (χ0) is 15.9. The zero-order valence-corrected chi connectivity index (χ0v) is 13.1. The number of ether oxygens (including phenoxy) is 1. The fourth-order valence-corrected chi connectivity index (χ4v) is 2.37. The third kappa shape index (κ3) is 4.91. The van der Waals surface area contributed by atoms with E-state index in [0.29, 0.717) is 15.6 Å². The summed E-state index contributed by atoms with van der Waals surface area (Å²) in [6.45, 7) is 0.166. The summed E-state index contributed by atoms with van der Waals surface area (Å²) in [5.41, 5.74) is 1.38. The number of halogens is 2. The minimum absolute atomic E-state index is 0.00498. The number of carbonyl (C=O) groups excluding carboxylic acids is 1. The lowest BCUT2D eigenvalue weighted by molar-refractivity contribution is 0.126. The first-order valence-corrected chi connectivity index (χ1v) is 7.39. The van der Waals surface area contributed by atoms with Gasteiger partial charge in [-0.2, -0.15) is 0 Å². The molecule has 0 spiro atoms. The number of carbonyl (C=O) groups is 1. The second-order valence-corrected chi connectivity index (χ2v) is 5.47. The van der Waals surface area contributed by atoms with Crippen molar-refractivity contribution in [1.82, 2.24) is 5.32 Å². The Bertz CT molecular complexity index is 635. The van der Waals surface area contributed by atoms with Gasteiger partial charge in [0, 0.05) is 15.6 Å². The maximum absolute atomic E-state index is 11.6. The molecule has 0 radical (unpaired) electrons. The molecule has 116 valence electrons.